The molecule has 3 rings (SSSR count). The van der Waals surface area contributed by atoms with Crippen molar-refractivity contribution in [3.8, 4) is 0 Å². The van der Waals surface area contributed by atoms with Gasteiger partial charge in [-0.25, -0.2) is 8.42 Å². The molecule has 0 bridgehead atoms. The summed E-state index contributed by atoms with van der Waals surface area (Å²) in [6.07, 6.45) is 2.17. The van der Waals surface area contributed by atoms with E-state index in [0.29, 0.717) is 17.2 Å². The zero-order valence-electron chi connectivity index (χ0n) is 15.9. The molecule has 2 fully saturated rings. The number of carbonyl (C=O) groups excluding carboxylic acids is 1. The van der Waals surface area contributed by atoms with Crippen molar-refractivity contribution < 1.29 is 17.9 Å². The van der Waals surface area contributed by atoms with Crippen LogP contribution in [0.4, 0.5) is 5.69 Å². The van der Waals surface area contributed by atoms with Crippen LogP contribution >= 0.6 is 0 Å². The maximum absolute atomic E-state index is 12.8. The normalized spacial score (nSPS) is 21.8. The highest BCUT2D eigenvalue weighted by Crippen LogP contribution is 2.21. The number of ether oxygens (including phenoxy) is 1. The molecule has 1 aromatic rings. The van der Waals surface area contributed by atoms with Gasteiger partial charge in [0.05, 0.1) is 19.0 Å². The minimum Gasteiger partial charge on any atom is -0.379 e. The van der Waals surface area contributed by atoms with E-state index in [1.165, 1.54) is 0 Å². The van der Waals surface area contributed by atoms with E-state index in [0.717, 1.165) is 58.8 Å². The summed E-state index contributed by atoms with van der Waals surface area (Å²) in [5.41, 5.74) is 1.08. The maximum Gasteiger partial charge on any atom is 0.253 e. The first-order valence-electron chi connectivity index (χ1n) is 9.67. The van der Waals surface area contributed by atoms with Gasteiger partial charge in [0.15, 0.2) is 0 Å². The zero-order valence-corrected chi connectivity index (χ0v) is 16.7. The molecule has 8 heteroatoms. The summed E-state index contributed by atoms with van der Waals surface area (Å²) in [7, 11) is -3.31. The molecule has 1 N–H and O–H groups in total. The Balaban J connectivity index is 1.57. The molecule has 2 heterocycles. The van der Waals surface area contributed by atoms with E-state index in [4.69, 9.17) is 4.74 Å². The number of nitrogens with one attached hydrogen (secondary N) is 1. The first-order chi connectivity index (χ1) is 13.0. The van der Waals surface area contributed by atoms with Gasteiger partial charge in [0.2, 0.25) is 10.0 Å². The van der Waals surface area contributed by atoms with Gasteiger partial charge in [-0.3, -0.25) is 14.4 Å². The predicted octanol–water partition coefficient (Wildman–Crippen LogP) is 1.63. The maximum atomic E-state index is 12.8. The van der Waals surface area contributed by atoms with Crippen molar-refractivity contribution >= 4 is 21.6 Å². The number of likely N-dealkylation sites (tertiary alicyclic amines) is 1. The molecule has 1 aromatic carbocycles. The Bertz CT molecular complexity index is 730. The van der Waals surface area contributed by atoms with E-state index < -0.39 is 10.0 Å². The first kappa shape index (κ1) is 20.1. The standard InChI is InChI=1S/C19H29N3O4S/c1-2-27(24,25)20-18-7-5-17(6-8-18)19(23)22-9-3-4-16(15-22)14-21-10-12-26-13-11-21/h5-8,16,20H,2-4,9-15H2,1H3. The molecular formula is C19H29N3O4S. The summed E-state index contributed by atoms with van der Waals surface area (Å²) >= 11 is 0. The van der Waals surface area contributed by atoms with Gasteiger partial charge in [-0.2, -0.15) is 0 Å². The van der Waals surface area contributed by atoms with Crippen molar-refractivity contribution in [3.05, 3.63) is 29.8 Å². The highest BCUT2D eigenvalue weighted by Gasteiger charge is 2.26. The third kappa shape index (κ3) is 5.67. The number of anilines is 1. The Kier molecular flexibility index (Phi) is 6.73. The molecule has 27 heavy (non-hydrogen) atoms. The minimum absolute atomic E-state index is 0.0198. The Morgan fingerprint density at radius 2 is 1.89 bits per heavy atom. The Labute approximate surface area is 161 Å². The van der Waals surface area contributed by atoms with Crippen molar-refractivity contribution in [1.82, 2.24) is 9.80 Å². The number of sulfonamides is 1. The summed E-state index contributed by atoms with van der Waals surface area (Å²) in [6, 6.07) is 6.69. The third-order valence-corrected chi connectivity index (χ3v) is 6.52. The van der Waals surface area contributed by atoms with Crippen LogP contribution in [0, 0.1) is 5.92 Å². The molecule has 0 aliphatic carbocycles. The van der Waals surface area contributed by atoms with Crippen LogP contribution in [-0.2, 0) is 14.8 Å². The van der Waals surface area contributed by atoms with Crippen LogP contribution in [0.3, 0.4) is 0 Å². The van der Waals surface area contributed by atoms with E-state index in [9.17, 15) is 13.2 Å². The number of carbonyl (C=O) groups is 1. The molecule has 2 saturated heterocycles. The van der Waals surface area contributed by atoms with Gasteiger partial charge < -0.3 is 9.64 Å². The Morgan fingerprint density at radius 1 is 1.19 bits per heavy atom. The molecule has 1 atom stereocenters. The average molecular weight is 396 g/mol. The summed E-state index contributed by atoms with van der Waals surface area (Å²) < 4.78 is 31.2. The zero-order chi connectivity index (χ0) is 19.3. The lowest BCUT2D eigenvalue weighted by atomic mass is 9.96. The van der Waals surface area contributed by atoms with E-state index >= 15 is 0 Å². The monoisotopic (exact) mass is 395 g/mol. The van der Waals surface area contributed by atoms with Crippen LogP contribution in [0.25, 0.3) is 0 Å². The van der Waals surface area contributed by atoms with Gasteiger partial charge in [-0.1, -0.05) is 0 Å². The Hall–Kier alpha value is -1.64. The van der Waals surface area contributed by atoms with Gasteiger partial charge >= 0.3 is 0 Å². The van der Waals surface area contributed by atoms with Gasteiger partial charge in [-0.05, 0) is 49.9 Å². The summed E-state index contributed by atoms with van der Waals surface area (Å²) in [4.78, 5) is 17.2. The summed E-state index contributed by atoms with van der Waals surface area (Å²) in [5.74, 6) is 0.537. The van der Waals surface area contributed by atoms with Crippen LogP contribution in [0.15, 0.2) is 24.3 Å². The van der Waals surface area contributed by atoms with Crippen molar-refractivity contribution in [1.29, 1.82) is 0 Å². The lowest BCUT2D eigenvalue weighted by molar-refractivity contribution is 0.0224. The Morgan fingerprint density at radius 3 is 2.56 bits per heavy atom. The minimum atomic E-state index is -3.31. The van der Waals surface area contributed by atoms with Crippen LogP contribution in [0.5, 0.6) is 0 Å². The van der Waals surface area contributed by atoms with E-state index in [-0.39, 0.29) is 11.7 Å². The lowest BCUT2D eigenvalue weighted by Crippen LogP contribution is -2.46. The van der Waals surface area contributed by atoms with Crippen LogP contribution in [-0.4, -0.2) is 75.8 Å². The first-order valence-corrected chi connectivity index (χ1v) is 11.3. The second kappa shape index (κ2) is 9.03. The number of hydrogen-bond acceptors (Lipinski definition) is 5. The number of nitrogens with zero attached hydrogens (tertiary/aromatic N) is 2. The van der Waals surface area contributed by atoms with E-state index in [1.54, 1.807) is 31.2 Å². The van der Waals surface area contributed by atoms with Gasteiger partial charge in [0, 0.05) is 44.0 Å². The van der Waals surface area contributed by atoms with E-state index in [1.807, 2.05) is 4.90 Å². The number of morpholine rings is 1. The van der Waals surface area contributed by atoms with Gasteiger partial charge in [-0.15, -0.1) is 0 Å². The predicted molar refractivity (Wildman–Crippen MR) is 105 cm³/mol. The number of piperidine rings is 1. The fraction of sp³-hybridized carbons (Fsp3) is 0.632. The van der Waals surface area contributed by atoms with Gasteiger partial charge in [0.25, 0.3) is 5.91 Å². The van der Waals surface area contributed by atoms with Gasteiger partial charge in [0.1, 0.15) is 0 Å². The molecule has 1 amide bonds. The lowest BCUT2D eigenvalue weighted by Gasteiger charge is -2.36. The molecule has 150 valence electrons. The molecule has 1 unspecified atom stereocenters. The summed E-state index contributed by atoms with van der Waals surface area (Å²) in [6.45, 7) is 7.70. The van der Waals surface area contributed by atoms with Crippen molar-refractivity contribution in [2.75, 3.05) is 56.4 Å². The number of benzene rings is 1. The number of rotatable bonds is 6. The second-order valence-corrected chi connectivity index (χ2v) is 9.27. The molecule has 0 saturated carbocycles. The van der Waals surface area contributed by atoms with Crippen LogP contribution in [0.1, 0.15) is 30.1 Å². The van der Waals surface area contributed by atoms with E-state index in [2.05, 4.69) is 9.62 Å². The van der Waals surface area contributed by atoms with Crippen LogP contribution < -0.4 is 4.72 Å². The highest BCUT2D eigenvalue weighted by atomic mass is 32.2. The molecule has 2 aliphatic rings. The highest BCUT2D eigenvalue weighted by molar-refractivity contribution is 7.92. The van der Waals surface area contributed by atoms with Crippen molar-refractivity contribution in [2.45, 2.75) is 19.8 Å². The molecule has 7 nitrogen and oxygen atoms in total. The smallest absolute Gasteiger partial charge is 0.253 e. The number of hydrogen-bond donors (Lipinski definition) is 1. The quantitative estimate of drug-likeness (QED) is 0.792. The fourth-order valence-corrected chi connectivity index (χ4v) is 4.30. The van der Waals surface area contributed by atoms with Crippen LogP contribution in [0.2, 0.25) is 0 Å². The molecule has 2 aliphatic heterocycles. The third-order valence-electron chi connectivity index (χ3n) is 5.21. The molecule has 0 radical (unpaired) electrons. The fourth-order valence-electron chi connectivity index (χ4n) is 3.66. The molecule has 0 aromatic heterocycles. The second-order valence-electron chi connectivity index (χ2n) is 7.26. The topological polar surface area (TPSA) is 79.0 Å². The SMILES string of the molecule is CCS(=O)(=O)Nc1ccc(C(=O)N2CCCC(CN3CCOCC3)C2)cc1. The number of amides is 1. The average Bonchev–Trinajstić information content (AvgIpc) is 2.69. The molecule has 0 spiro atoms. The largest absolute Gasteiger partial charge is 0.379 e. The van der Waals surface area contributed by atoms with Crippen molar-refractivity contribution in [3.63, 3.8) is 0 Å². The summed E-state index contributed by atoms with van der Waals surface area (Å²) in [5, 5.41) is 0. The van der Waals surface area contributed by atoms with Crippen molar-refractivity contribution in [2.24, 2.45) is 5.92 Å². The molecular weight excluding hydrogens is 366 g/mol.